The summed E-state index contributed by atoms with van der Waals surface area (Å²) < 4.78 is 5.25. The number of fused-ring (bicyclic) bond motifs is 2. The molecule has 136 valence electrons. The van der Waals surface area contributed by atoms with Gasteiger partial charge in [-0.25, -0.2) is 4.79 Å². The molecule has 2 aromatic carbocycles. The molecule has 0 spiro atoms. The first-order valence-electron chi connectivity index (χ1n) is 9.29. The Balaban J connectivity index is 1.51. The highest BCUT2D eigenvalue weighted by Crippen LogP contribution is 2.32. The van der Waals surface area contributed by atoms with Gasteiger partial charge in [0.15, 0.2) is 0 Å². The molecule has 2 amide bonds. The number of nitrogens with one attached hydrogen (secondary N) is 2. The lowest BCUT2D eigenvalue weighted by atomic mass is 10.0. The summed E-state index contributed by atoms with van der Waals surface area (Å²) in [5.41, 5.74) is 5.65. The van der Waals surface area contributed by atoms with Crippen molar-refractivity contribution >= 4 is 23.1 Å². The molecule has 2 aromatic rings. The van der Waals surface area contributed by atoms with Gasteiger partial charge in [0.1, 0.15) is 0 Å². The Kier molecular flexibility index (Phi) is 4.80. The molecule has 4 rings (SSSR count). The number of methoxy groups -OCH3 is 1. The monoisotopic (exact) mass is 351 g/mol. The van der Waals surface area contributed by atoms with E-state index in [1.165, 1.54) is 11.1 Å². The lowest BCUT2D eigenvalue weighted by molar-refractivity contribution is 0.128. The molecule has 5 heteroatoms. The number of para-hydroxylation sites is 1. The maximum atomic E-state index is 12.7. The number of anilines is 3. The summed E-state index contributed by atoms with van der Waals surface area (Å²) in [6.07, 6.45) is 4.05. The Hall–Kier alpha value is -2.53. The van der Waals surface area contributed by atoms with Gasteiger partial charge in [0, 0.05) is 30.7 Å². The number of urea groups is 1. The van der Waals surface area contributed by atoms with Crippen molar-refractivity contribution in [2.45, 2.75) is 31.7 Å². The SMILES string of the molecule is COC[C@@H]1CCCN1C(=O)Nc1ccc2c(c1)Nc1ccccc1CC2. The molecule has 0 radical (unpaired) electrons. The zero-order valence-electron chi connectivity index (χ0n) is 15.1. The highest BCUT2D eigenvalue weighted by Gasteiger charge is 2.28. The molecule has 0 saturated carbocycles. The Morgan fingerprint density at radius 3 is 2.85 bits per heavy atom. The van der Waals surface area contributed by atoms with Gasteiger partial charge in [0.25, 0.3) is 0 Å². The number of aryl methyl sites for hydroxylation is 2. The minimum atomic E-state index is -0.0430. The molecule has 0 aliphatic carbocycles. The fourth-order valence-corrected chi connectivity index (χ4v) is 3.93. The molecule has 2 aliphatic heterocycles. The minimum absolute atomic E-state index is 0.0430. The van der Waals surface area contributed by atoms with Crippen LogP contribution in [0.5, 0.6) is 0 Å². The van der Waals surface area contributed by atoms with Crippen molar-refractivity contribution in [2.75, 3.05) is 30.9 Å². The Bertz CT molecular complexity index is 806. The third kappa shape index (κ3) is 3.40. The largest absolute Gasteiger partial charge is 0.383 e. The first kappa shape index (κ1) is 16.9. The van der Waals surface area contributed by atoms with E-state index in [4.69, 9.17) is 4.74 Å². The lowest BCUT2D eigenvalue weighted by Crippen LogP contribution is -2.40. The van der Waals surface area contributed by atoms with Gasteiger partial charge in [0.2, 0.25) is 0 Å². The summed E-state index contributed by atoms with van der Waals surface area (Å²) in [5, 5.41) is 6.59. The molecule has 0 unspecified atom stereocenters. The smallest absolute Gasteiger partial charge is 0.322 e. The number of carbonyl (C=O) groups excluding carboxylic acids is 1. The Morgan fingerprint density at radius 2 is 2.00 bits per heavy atom. The van der Waals surface area contributed by atoms with Gasteiger partial charge in [-0.3, -0.25) is 0 Å². The van der Waals surface area contributed by atoms with Crippen LogP contribution < -0.4 is 10.6 Å². The van der Waals surface area contributed by atoms with E-state index in [0.29, 0.717) is 6.61 Å². The number of hydrogen-bond acceptors (Lipinski definition) is 3. The number of carbonyl (C=O) groups is 1. The first-order valence-corrected chi connectivity index (χ1v) is 9.29. The average molecular weight is 351 g/mol. The number of nitrogens with zero attached hydrogens (tertiary/aromatic N) is 1. The van der Waals surface area contributed by atoms with E-state index >= 15 is 0 Å². The van der Waals surface area contributed by atoms with E-state index in [1.807, 2.05) is 23.1 Å². The average Bonchev–Trinajstić information content (AvgIpc) is 3.03. The van der Waals surface area contributed by atoms with Gasteiger partial charge in [-0.1, -0.05) is 24.3 Å². The van der Waals surface area contributed by atoms with E-state index in [1.54, 1.807) is 7.11 Å². The molecule has 2 aliphatic rings. The van der Waals surface area contributed by atoms with E-state index in [0.717, 1.165) is 49.3 Å². The van der Waals surface area contributed by atoms with E-state index in [2.05, 4.69) is 34.9 Å². The third-order valence-corrected chi connectivity index (χ3v) is 5.31. The molecule has 2 heterocycles. The molecular formula is C21H25N3O2. The van der Waals surface area contributed by atoms with Crippen molar-refractivity contribution in [3.8, 4) is 0 Å². The highest BCUT2D eigenvalue weighted by atomic mass is 16.5. The molecule has 2 N–H and O–H groups in total. The second-order valence-corrected chi connectivity index (χ2v) is 7.03. The number of likely N-dealkylation sites (tertiary alicyclic amines) is 1. The maximum absolute atomic E-state index is 12.7. The topological polar surface area (TPSA) is 53.6 Å². The van der Waals surface area contributed by atoms with Crippen molar-refractivity contribution in [2.24, 2.45) is 0 Å². The van der Waals surface area contributed by atoms with E-state index < -0.39 is 0 Å². The number of hydrogen-bond donors (Lipinski definition) is 2. The van der Waals surface area contributed by atoms with Crippen molar-refractivity contribution in [1.29, 1.82) is 0 Å². The second-order valence-electron chi connectivity index (χ2n) is 7.03. The summed E-state index contributed by atoms with van der Waals surface area (Å²) in [7, 11) is 1.68. The molecule has 1 saturated heterocycles. The first-order chi connectivity index (χ1) is 12.7. The Labute approximate surface area is 154 Å². The van der Waals surface area contributed by atoms with Crippen molar-refractivity contribution in [3.05, 3.63) is 53.6 Å². The molecular weight excluding hydrogens is 326 g/mol. The van der Waals surface area contributed by atoms with Crippen LogP contribution in [0.1, 0.15) is 24.0 Å². The number of amides is 2. The summed E-state index contributed by atoms with van der Waals surface area (Å²) >= 11 is 0. The van der Waals surface area contributed by atoms with Crippen LogP contribution in [0.4, 0.5) is 21.9 Å². The molecule has 0 bridgehead atoms. The minimum Gasteiger partial charge on any atom is -0.383 e. The van der Waals surface area contributed by atoms with Crippen LogP contribution in [-0.2, 0) is 17.6 Å². The van der Waals surface area contributed by atoms with Gasteiger partial charge >= 0.3 is 6.03 Å². The van der Waals surface area contributed by atoms with E-state index in [9.17, 15) is 4.79 Å². The van der Waals surface area contributed by atoms with Gasteiger partial charge in [-0.15, -0.1) is 0 Å². The molecule has 1 atom stereocenters. The van der Waals surface area contributed by atoms with Crippen LogP contribution >= 0.6 is 0 Å². The second kappa shape index (κ2) is 7.38. The van der Waals surface area contributed by atoms with Crippen molar-refractivity contribution in [3.63, 3.8) is 0 Å². The maximum Gasteiger partial charge on any atom is 0.322 e. The zero-order chi connectivity index (χ0) is 17.9. The number of ether oxygens (including phenoxy) is 1. The van der Waals surface area contributed by atoms with Crippen LogP contribution in [0, 0.1) is 0 Å². The summed E-state index contributed by atoms with van der Waals surface area (Å²) in [5.74, 6) is 0. The fraction of sp³-hybridized carbons (Fsp3) is 0.381. The van der Waals surface area contributed by atoms with Crippen LogP contribution in [0.15, 0.2) is 42.5 Å². The standard InChI is InChI=1S/C21H25N3O2/c1-26-14-18-6-4-12-24(18)21(25)22-17-11-10-16-9-8-15-5-2-3-7-19(15)23-20(16)13-17/h2-3,5,7,10-11,13,18,23H,4,6,8-9,12,14H2,1H3,(H,22,25)/t18-/m0/s1. The summed E-state index contributed by atoms with van der Waals surface area (Å²) in [4.78, 5) is 14.6. The summed E-state index contributed by atoms with van der Waals surface area (Å²) in [6, 6.07) is 14.7. The molecule has 5 nitrogen and oxygen atoms in total. The number of benzene rings is 2. The van der Waals surface area contributed by atoms with Gasteiger partial charge in [0.05, 0.1) is 12.6 Å². The predicted molar refractivity (Wildman–Crippen MR) is 104 cm³/mol. The summed E-state index contributed by atoms with van der Waals surface area (Å²) in [6.45, 7) is 1.38. The van der Waals surface area contributed by atoms with Crippen LogP contribution in [0.25, 0.3) is 0 Å². The number of rotatable bonds is 3. The fourth-order valence-electron chi connectivity index (χ4n) is 3.93. The van der Waals surface area contributed by atoms with Crippen LogP contribution in [0.3, 0.4) is 0 Å². The van der Waals surface area contributed by atoms with Crippen LogP contribution in [-0.4, -0.2) is 37.2 Å². The van der Waals surface area contributed by atoms with Crippen molar-refractivity contribution < 1.29 is 9.53 Å². The molecule has 26 heavy (non-hydrogen) atoms. The van der Waals surface area contributed by atoms with Crippen molar-refractivity contribution in [1.82, 2.24) is 4.90 Å². The normalized spacial score (nSPS) is 18.5. The molecule has 0 aromatic heterocycles. The quantitative estimate of drug-likeness (QED) is 0.872. The van der Waals surface area contributed by atoms with Gasteiger partial charge in [-0.05, 0) is 55.0 Å². The van der Waals surface area contributed by atoms with Crippen LogP contribution in [0.2, 0.25) is 0 Å². The zero-order valence-corrected chi connectivity index (χ0v) is 15.1. The van der Waals surface area contributed by atoms with E-state index in [-0.39, 0.29) is 12.1 Å². The molecule has 1 fully saturated rings. The van der Waals surface area contributed by atoms with Gasteiger partial charge < -0.3 is 20.3 Å². The lowest BCUT2D eigenvalue weighted by Gasteiger charge is -2.24. The predicted octanol–water partition coefficient (Wildman–Crippen LogP) is 4.17. The third-order valence-electron chi connectivity index (χ3n) is 5.31. The van der Waals surface area contributed by atoms with Gasteiger partial charge in [-0.2, -0.15) is 0 Å². The highest BCUT2D eigenvalue weighted by molar-refractivity contribution is 5.90. The Morgan fingerprint density at radius 1 is 1.19 bits per heavy atom.